The van der Waals surface area contributed by atoms with Gasteiger partial charge in [-0.1, -0.05) is 60.2 Å². The lowest BCUT2D eigenvalue weighted by Crippen LogP contribution is -2.37. The van der Waals surface area contributed by atoms with Crippen LogP contribution < -0.4 is 5.73 Å². The summed E-state index contributed by atoms with van der Waals surface area (Å²) in [5.41, 5.74) is 8.60. The van der Waals surface area contributed by atoms with Gasteiger partial charge in [0.1, 0.15) is 0 Å². The van der Waals surface area contributed by atoms with Crippen LogP contribution in [-0.2, 0) is 11.2 Å². The molecule has 0 fully saturated rings. The zero-order valence-corrected chi connectivity index (χ0v) is 14.8. The fourth-order valence-electron chi connectivity index (χ4n) is 2.69. The number of ketones is 1. The summed E-state index contributed by atoms with van der Waals surface area (Å²) in [6.07, 6.45) is 1.24. The number of aryl methyl sites for hydroxylation is 1. The van der Waals surface area contributed by atoms with Gasteiger partial charge < -0.3 is 10.6 Å². The van der Waals surface area contributed by atoms with Crippen LogP contribution in [0.25, 0.3) is 0 Å². The highest BCUT2D eigenvalue weighted by Crippen LogP contribution is 2.09. The fourth-order valence-corrected chi connectivity index (χ4v) is 2.69. The Kier molecular flexibility index (Phi) is 7.36. The van der Waals surface area contributed by atoms with E-state index in [0.29, 0.717) is 25.2 Å². The van der Waals surface area contributed by atoms with Crippen LogP contribution >= 0.6 is 0 Å². The maximum absolute atomic E-state index is 12.5. The molecule has 0 spiro atoms. The number of rotatable bonds is 9. The first-order valence-corrected chi connectivity index (χ1v) is 8.72. The normalized spacial score (nSPS) is 10.5. The van der Waals surface area contributed by atoms with E-state index < -0.39 is 0 Å². The van der Waals surface area contributed by atoms with Crippen LogP contribution in [0.5, 0.6) is 0 Å². The molecular weight excluding hydrogens is 312 g/mol. The first-order chi connectivity index (χ1) is 12.1. The van der Waals surface area contributed by atoms with E-state index in [4.69, 9.17) is 5.73 Å². The zero-order valence-electron chi connectivity index (χ0n) is 14.8. The van der Waals surface area contributed by atoms with Crippen LogP contribution in [0.2, 0.25) is 0 Å². The number of nitrogens with two attached hydrogens (primary N) is 1. The molecule has 0 saturated carbocycles. The first kappa shape index (κ1) is 18.9. The smallest absolute Gasteiger partial charge is 0.223 e. The van der Waals surface area contributed by atoms with Gasteiger partial charge in [0.25, 0.3) is 0 Å². The summed E-state index contributed by atoms with van der Waals surface area (Å²) < 4.78 is 0. The van der Waals surface area contributed by atoms with Crippen molar-refractivity contribution in [1.29, 1.82) is 0 Å². The zero-order chi connectivity index (χ0) is 18.1. The van der Waals surface area contributed by atoms with Crippen LogP contribution in [0.4, 0.5) is 0 Å². The van der Waals surface area contributed by atoms with E-state index in [-0.39, 0.29) is 24.5 Å². The molecule has 2 aromatic rings. The summed E-state index contributed by atoms with van der Waals surface area (Å²) in [5, 5.41) is 0. The predicted molar refractivity (Wildman–Crippen MR) is 101 cm³/mol. The summed E-state index contributed by atoms with van der Waals surface area (Å²) in [6, 6.07) is 17.5. The second-order valence-corrected chi connectivity index (χ2v) is 6.19. The number of hydrogen-bond acceptors (Lipinski definition) is 3. The Balaban J connectivity index is 1.86. The highest BCUT2D eigenvalue weighted by Gasteiger charge is 2.15. The Hall–Kier alpha value is -2.46. The van der Waals surface area contributed by atoms with Gasteiger partial charge in [0.15, 0.2) is 5.78 Å². The molecule has 0 aliphatic heterocycles. The molecule has 4 heteroatoms. The van der Waals surface area contributed by atoms with Gasteiger partial charge in [0.05, 0.1) is 0 Å². The van der Waals surface area contributed by atoms with Crippen molar-refractivity contribution >= 4 is 11.7 Å². The topological polar surface area (TPSA) is 63.4 Å². The number of Topliss-reactive ketones (excluding diaryl/α,β-unsaturated/α-hetero) is 1. The number of carbonyl (C=O) groups is 2. The van der Waals surface area contributed by atoms with Crippen molar-refractivity contribution in [3.8, 4) is 0 Å². The molecule has 2 rings (SSSR count). The number of benzene rings is 2. The van der Waals surface area contributed by atoms with Gasteiger partial charge in [0, 0.05) is 38.0 Å². The quantitative estimate of drug-likeness (QED) is 0.715. The van der Waals surface area contributed by atoms with Gasteiger partial charge in [-0.25, -0.2) is 0 Å². The molecule has 0 bridgehead atoms. The lowest BCUT2D eigenvalue weighted by atomic mass is 10.0. The molecule has 1 amide bonds. The second kappa shape index (κ2) is 9.74. The molecule has 2 N–H and O–H groups in total. The Morgan fingerprint density at radius 2 is 1.60 bits per heavy atom. The van der Waals surface area contributed by atoms with Gasteiger partial charge in [-0.3, -0.25) is 9.59 Å². The van der Waals surface area contributed by atoms with E-state index in [1.165, 1.54) is 5.56 Å². The Morgan fingerprint density at radius 3 is 2.24 bits per heavy atom. The van der Waals surface area contributed by atoms with E-state index in [1.807, 2.05) is 61.5 Å². The van der Waals surface area contributed by atoms with Gasteiger partial charge >= 0.3 is 0 Å². The van der Waals surface area contributed by atoms with Crippen LogP contribution in [-0.4, -0.2) is 36.2 Å². The Labute approximate surface area is 149 Å². The number of hydrogen-bond donors (Lipinski definition) is 1. The van der Waals surface area contributed by atoms with Crippen molar-refractivity contribution in [3.05, 3.63) is 71.3 Å². The average Bonchev–Trinajstić information content (AvgIpc) is 2.64. The van der Waals surface area contributed by atoms with Crippen molar-refractivity contribution in [2.24, 2.45) is 5.73 Å². The molecule has 0 radical (unpaired) electrons. The molecule has 25 heavy (non-hydrogen) atoms. The summed E-state index contributed by atoms with van der Waals surface area (Å²) >= 11 is 0. The van der Waals surface area contributed by atoms with Crippen molar-refractivity contribution in [1.82, 2.24) is 4.90 Å². The molecule has 0 heterocycles. The van der Waals surface area contributed by atoms with Gasteiger partial charge in [0.2, 0.25) is 5.91 Å². The van der Waals surface area contributed by atoms with Crippen molar-refractivity contribution in [2.75, 3.05) is 19.6 Å². The molecule has 0 atom stereocenters. The first-order valence-electron chi connectivity index (χ1n) is 8.72. The summed E-state index contributed by atoms with van der Waals surface area (Å²) in [5.74, 6) is -0.00838. The van der Waals surface area contributed by atoms with Crippen LogP contribution in [0.1, 0.15) is 34.3 Å². The SMILES string of the molecule is Cc1ccc(C(=O)CCC(=O)N(CCN)CCc2ccccc2)cc1. The van der Waals surface area contributed by atoms with Crippen LogP contribution in [0.15, 0.2) is 54.6 Å². The monoisotopic (exact) mass is 338 g/mol. The van der Waals surface area contributed by atoms with Gasteiger partial charge in [-0.05, 0) is 18.9 Å². The van der Waals surface area contributed by atoms with Gasteiger partial charge in [-0.15, -0.1) is 0 Å². The molecule has 2 aromatic carbocycles. The molecule has 0 aromatic heterocycles. The average molecular weight is 338 g/mol. The Morgan fingerprint density at radius 1 is 0.920 bits per heavy atom. The minimum Gasteiger partial charge on any atom is -0.341 e. The third kappa shape index (κ3) is 6.16. The van der Waals surface area contributed by atoms with E-state index in [9.17, 15) is 9.59 Å². The summed E-state index contributed by atoms with van der Waals surface area (Å²) in [6.45, 7) is 3.55. The maximum Gasteiger partial charge on any atom is 0.223 e. The lowest BCUT2D eigenvalue weighted by Gasteiger charge is -2.22. The summed E-state index contributed by atoms with van der Waals surface area (Å²) in [7, 11) is 0. The molecule has 132 valence electrons. The third-order valence-electron chi connectivity index (χ3n) is 4.20. The summed E-state index contributed by atoms with van der Waals surface area (Å²) in [4.78, 5) is 26.4. The molecule has 0 aliphatic rings. The van der Waals surface area contributed by atoms with Crippen molar-refractivity contribution in [2.45, 2.75) is 26.2 Å². The van der Waals surface area contributed by atoms with Crippen molar-refractivity contribution in [3.63, 3.8) is 0 Å². The molecule has 0 aliphatic carbocycles. The molecule has 0 unspecified atom stereocenters. The third-order valence-corrected chi connectivity index (χ3v) is 4.20. The number of carbonyl (C=O) groups excluding carboxylic acids is 2. The van der Waals surface area contributed by atoms with Crippen LogP contribution in [0.3, 0.4) is 0 Å². The Bertz CT molecular complexity index is 681. The standard InChI is InChI=1S/C21H26N2O2/c1-17-7-9-19(10-8-17)20(24)11-12-21(25)23(16-14-22)15-13-18-5-3-2-4-6-18/h2-10H,11-16,22H2,1H3. The molecule has 4 nitrogen and oxygen atoms in total. The molecule has 0 saturated heterocycles. The second-order valence-electron chi connectivity index (χ2n) is 6.19. The lowest BCUT2D eigenvalue weighted by molar-refractivity contribution is -0.131. The van der Waals surface area contributed by atoms with E-state index in [1.54, 1.807) is 4.90 Å². The minimum atomic E-state index is -0.0122. The molecular formula is C21H26N2O2. The van der Waals surface area contributed by atoms with E-state index in [0.717, 1.165) is 12.0 Å². The highest BCUT2D eigenvalue weighted by molar-refractivity contribution is 5.97. The van der Waals surface area contributed by atoms with E-state index in [2.05, 4.69) is 0 Å². The van der Waals surface area contributed by atoms with E-state index >= 15 is 0 Å². The maximum atomic E-state index is 12.5. The van der Waals surface area contributed by atoms with Crippen molar-refractivity contribution < 1.29 is 9.59 Å². The van der Waals surface area contributed by atoms with Gasteiger partial charge in [-0.2, -0.15) is 0 Å². The fraction of sp³-hybridized carbons (Fsp3) is 0.333. The van der Waals surface area contributed by atoms with Crippen LogP contribution in [0, 0.1) is 6.92 Å². The highest BCUT2D eigenvalue weighted by atomic mass is 16.2. The predicted octanol–water partition coefficient (Wildman–Crippen LogP) is 2.99. The number of nitrogens with zero attached hydrogens (tertiary/aromatic N) is 1. The largest absolute Gasteiger partial charge is 0.341 e. The number of amides is 1. The minimum absolute atomic E-state index is 0.00380.